The number of hydrogen-bond acceptors (Lipinski definition) is 8. The van der Waals surface area contributed by atoms with Gasteiger partial charge in [-0.1, -0.05) is 71.0 Å². The van der Waals surface area contributed by atoms with Crippen molar-refractivity contribution in [2.75, 3.05) is 32.7 Å². The van der Waals surface area contributed by atoms with Crippen molar-refractivity contribution in [3.8, 4) is 22.8 Å². The highest BCUT2D eigenvalue weighted by Crippen LogP contribution is 2.17. The molecule has 0 saturated carbocycles. The molecule has 1 aliphatic heterocycles. The topological polar surface area (TPSA) is 84.3 Å². The molecule has 0 N–H and O–H groups in total. The third-order valence-electron chi connectivity index (χ3n) is 6.10. The Bertz CT molecular complexity index is 1140. The summed E-state index contributed by atoms with van der Waals surface area (Å²) in [4.78, 5) is 14.1. The van der Waals surface area contributed by atoms with E-state index in [-0.39, 0.29) is 0 Å². The summed E-state index contributed by atoms with van der Waals surface area (Å²) in [6.45, 7) is 7.14. The molecule has 3 heterocycles. The normalized spacial score (nSPS) is 17.4. The Morgan fingerprint density at radius 3 is 1.85 bits per heavy atom. The maximum Gasteiger partial charge on any atom is 0.228 e. The number of hydrogen-bond donors (Lipinski definition) is 0. The Balaban J connectivity index is 1.08. The highest BCUT2D eigenvalue weighted by atomic mass is 16.5. The second-order valence-electron chi connectivity index (χ2n) is 8.44. The van der Waals surface area contributed by atoms with Gasteiger partial charge in [0.15, 0.2) is 0 Å². The first-order valence-electron chi connectivity index (χ1n) is 11.5. The Hall–Kier alpha value is -3.36. The Morgan fingerprint density at radius 2 is 1.30 bits per heavy atom. The van der Waals surface area contributed by atoms with Crippen LogP contribution in [0.2, 0.25) is 0 Å². The SMILES string of the molecule is CC1CN(CCc2nc(-c3ccccc3)no2)CCN1CCc1nc(-c2ccccc2)no1. The molecule has 1 unspecified atom stereocenters. The first-order chi connectivity index (χ1) is 16.2. The van der Waals surface area contributed by atoms with Gasteiger partial charge >= 0.3 is 0 Å². The van der Waals surface area contributed by atoms with Crippen molar-refractivity contribution in [2.45, 2.75) is 25.8 Å². The summed E-state index contributed by atoms with van der Waals surface area (Å²) >= 11 is 0. The van der Waals surface area contributed by atoms with Crippen LogP contribution in [0.4, 0.5) is 0 Å². The predicted molar refractivity (Wildman–Crippen MR) is 124 cm³/mol. The van der Waals surface area contributed by atoms with E-state index in [9.17, 15) is 0 Å². The monoisotopic (exact) mass is 444 g/mol. The van der Waals surface area contributed by atoms with Gasteiger partial charge in [-0.05, 0) is 6.92 Å². The highest BCUT2D eigenvalue weighted by molar-refractivity contribution is 5.54. The van der Waals surface area contributed by atoms with Crippen LogP contribution in [-0.2, 0) is 12.8 Å². The summed E-state index contributed by atoms with van der Waals surface area (Å²) in [5.74, 6) is 2.68. The zero-order chi connectivity index (χ0) is 22.5. The molecular weight excluding hydrogens is 416 g/mol. The predicted octanol–water partition coefficient (Wildman–Crippen LogP) is 3.58. The Kier molecular flexibility index (Phi) is 6.55. The minimum absolute atomic E-state index is 0.456. The molecule has 0 amide bonds. The van der Waals surface area contributed by atoms with Gasteiger partial charge in [-0.15, -0.1) is 0 Å². The van der Waals surface area contributed by atoms with Crippen molar-refractivity contribution in [2.24, 2.45) is 0 Å². The van der Waals surface area contributed by atoms with Crippen LogP contribution < -0.4 is 0 Å². The van der Waals surface area contributed by atoms with E-state index >= 15 is 0 Å². The van der Waals surface area contributed by atoms with Gasteiger partial charge in [-0.3, -0.25) is 4.90 Å². The smallest absolute Gasteiger partial charge is 0.228 e. The van der Waals surface area contributed by atoms with E-state index < -0.39 is 0 Å². The van der Waals surface area contributed by atoms with Gasteiger partial charge in [0.05, 0.1) is 0 Å². The van der Waals surface area contributed by atoms with Crippen LogP contribution in [0.3, 0.4) is 0 Å². The average Bonchev–Trinajstić information content (AvgIpc) is 3.53. The van der Waals surface area contributed by atoms with Crippen LogP contribution >= 0.6 is 0 Å². The van der Waals surface area contributed by atoms with Gasteiger partial charge in [0, 0.05) is 62.7 Å². The zero-order valence-electron chi connectivity index (χ0n) is 18.8. The molecule has 8 nitrogen and oxygen atoms in total. The lowest BCUT2D eigenvalue weighted by Gasteiger charge is -2.39. The van der Waals surface area contributed by atoms with Gasteiger partial charge in [0.1, 0.15) is 0 Å². The molecule has 4 aromatic rings. The van der Waals surface area contributed by atoms with Crippen molar-refractivity contribution in [1.29, 1.82) is 0 Å². The molecule has 0 aliphatic carbocycles. The lowest BCUT2D eigenvalue weighted by Crippen LogP contribution is -2.52. The van der Waals surface area contributed by atoms with E-state index in [1.807, 2.05) is 60.7 Å². The van der Waals surface area contributed by atoms with E-state index in [0.717, 1.165) is 56.7 Å². The van der Waals surface area contributed by atoms with Gasteiger partial charge < -0.3 is 13.9 Å². The second kappa shape index (κ2) is 10.1. The average molecular weight is 445 g/mol. The minimum Gasteiger partial charge on any atom is -0.339 e. The summed E-state index contributed by atoms with van der Waals surface area (Å²) in [5.41, 5.74) is 1.96. The van der Waals surface area contributed by atoms with Crippen molar-refractivity contribution in [1.82, 2.24) is 30.1 Å². The third kappa shape index (κ3) is 5.35. The van der Waals surface area contributed by atoms with E-state index in [1.54, 1.807) is 0 Å². The fourth-order valence-electron chi connectivity index (χ4n) is 4.22. The van der Waals surface area contributed by atoms with Crippen LogP contribution in [0, 0.1) is 0 Å². The molecular formula is C25H28N6O2. The second-order valence-corrected chi connectivity index (χ2v) is 8.44. The molecule has 170 valence electrons. The molecule has 0 spiro atoms. The number of benzene rings is 2. The van der Waals surface area contributed by atoms with Gasteiger partial charge in [-0.2, -0.15) is 9.97 Å². The van der Waals surface area contributed by atoms with Crippen LogP contribution in [0.5, 0.6) is 0 Å². The molecule has 1 fully saturated rings. The zero-order valence-corrected chi connectivity index (χ0v) is 18.8. The summed E-state index contributed by atoms with van der Waals surface area (Å²) in [6.07, 6.45) is 1.52. The summed E-state index contributed by atoms with van der Waals surface area (Å²) in [6, 6.07) is 20.3. The molecule has 2 aromatic carbocycles. The first-order valence-corrected chi connectivity index (χ1v) is 11.5. The van der Waals surface area contributed by atoms with Gasteiger partial charge in [0.25, 0.3) is 0 Å². The molecule has 0 radical (unpaired) electrons. The molecule has 2 aromatic heterocycles. The van der Waals surface area contributed by atoms with E-state index in [0.29, 0.717) is 29.5 Å². The molecule has 33 heavy (non-hydrogen) atoms. The quantitative estimate of drug-likeness (QED) is 0.408. The van der Waals surface area contributed by atoms with Crippen molar-refractivity contribution in [3.05, 3.63) is 72.4 Å². The largest absolute Gasteiger partial charge is 0.339 e. The maximum absolute atomic E-state index is 5.47. The van der Waals surface area contributed by atoms with E-state index in [2.05, 4.69) is 37.0 Å². The number of piperazine rings is 1. The van der Waals surface area contributed by atoms with Crippen molar-refractivity contribution >= 4 is 0 Å². The first kappa shape index (κ1) is 21.5. The lowest BCUT2D eigenvalue weighted by molar-refractivity contribution is 0.0820. The molecule has 1 aliphatic rings. The maximum atomic E-state index is 5.47. The summed E-state index contributed by atoms with van der Waals surface area (Å²) < 4.78 is 10.9. The van der Waals surface area contributed by atoms with Crippen molar-refractivity contribution in [3.63, 3.8) is 0 Å². The van der Waals surface area contributed by atoms with Crippen molar-refractivity contribution < 1.29 is 9.05 Å². The fourth-order valence-corrected chi connectivity index (χ4v) is 4.22. The lowest BCUT2D eigenvalue weighted by atomic mass is 10.1. The summed E-state index contributed by atoms with van der Waals surface area (Å²) in [7, 11) is 0. The molecule has 8 heteroatoms. The van der Waals surface area contributed by atoms with Gasteiger partial charge in [-0.25, -0.2) is 0 Å². The highest BCUT2D eigenvalue weighted by Gasteiger charge is 2.24. The van der Waals surface area contributed by atoms with Crippen LogP contribution in [0.15, 0.2) is 69.7 Å². The molecule has 0 bridgehead atoms. The van der Waals surface area contributed by atoms with Crippen LogP contribution in [0.25, 0.3) is 22.8 Å². The number of rotatable bonds is 8. The summed E-state index contributed by atoms with van der Waals surface area (Å²) in [5, 5.41) is 8.24. The van der Waals surface area contributed by atoms with Gasteiger partial charge in [0.2, 0.25) is 23.4 Å². The van der Waals surface area contributed by atoms with Crippen LogP contribution in [0.1, 0.15) is 18.7 Å². The number of aromatic nitrogens is 4. The third-order valence-corrected chi connectivity index (χ3v) is 6.10. The minimum atomic E-state index is 0.456. The Morgan fingerprint density at radius 1 is 0.758 bits per heavy atom. The standard InChI is InChI=1S/C25H28N6O2/c1-19-18-30(14-12-22-26-24(28-32-22)20-8-4-2-5-9-20)16-17-31(19)15-13-23-27-25(29-33-23)21-10-6-3-7-11-21/h2-11,19H,12-18H2,1H3. The number of nitrogens with zero attached hydrogens (tertiary/aromatic N) is 6. The molecule has 1 atom stereocenters. The Labute approximate surface area is 193 Å². The van der Waals surface area contributed by atoms with E-state index in [1.165, 1.54) is 0 Å². The fraction of sp³-hybridized carbons (Fsp3) is 0.360. The molecule has 1 saturated heterocycles. The van der Waals surface area contributed by atoms with Crippen LogP contribution in [-0.4, -0.2) is 68.8 Å². The molecule has 5 rings (SSSR count). The van der Waals surface area contributed by atoms with E-state index in [4.69, 9.17) is 9.05 Å².